The van der Waals surface area contributed by atoms with Crippen molar-refractivity contribution in [2.24, 2.45) is 17.3 Å². The molecule has 1 N–H and O–H groups in total. The first-order valence-electron chi connectivity index (χ1n) is 6.23. The summed E-state index contributed by atoms with van der Waals surface area (Å²) in [6, 6.07) is 1.95. The van der Waals surface area contributed by atoms with E-state index >= 15 is 0 Å². The first-order chi connectivity index (χ1) is 10.4. The van der Waals surface area contributed by atoms with Crippen LogP contribution in [-0.2, 0) is 28.4 Å². The van der Waals surface area contributed by atoms with Gasteiger partial charge in [0.2, 0.25) is 0 Å². The normalized spacial score (nSPS) is 38.7. The molecule has 1 aliphatic heterocycles. The molecular formula is C11H9F2NO7S. The second-order valence-electron chi connectivity index (χ2n) is 5.37. The molecule has 3 aliphatic rings. The van der Waals surface area contributed by atoms with Crippen molar-refractivity contribution in [1.29, 1.82) is 5.26 Å². The van der Waals surface area contributed by atoms with Gasteiger partial charge in [-0.05, 0) is 12.8 Å². The number of halogens is 2. The van der Waals surface area contributed by atoms with Crippen LogP contribution < -0.4 is 0 Å². The number of nitriles is 1. The van der Waals surface area contributed by atoms with Gasteiger partial charge in [0.1, 0.15) is 24.3 Å². The van der Waals surface area contributed by atoms with E-state index in [0.717, 1.165) is 0 Å². The summed E-state index contributed by atoms with van der Waals surface area (Å²) in [5, 5.41) is 15.9. The van der Waals surface area contributed by atoms with Crippen LogP contribution >= 0.6 is 12.0 Å². The van der Waals surface area contributed by atoms with E-state index in [4.69, 9.17) is 14.7 Å². The van der Waals surface area contributed by atoms with Crippen LogP contribution in [0, 0.1) is 28.6 Å². The second kappa shape index (κ2) is 5.02. The monoisotopic (exact) mass is 337 g/mol. The van der Waals surface area contributed by atoms with Gasteiger partial charge in [-0.25, -0.2) is 10.1 Å². The molecule has 2 aliphatic carbocycles. The highest BCUT2D eigenvalue weighted by Gasteiger charge is 2.72. The SMILES string of the molecule is N#CC12CC3CC1C(OC2=O)C3OC(=O)C(F)(F)SOOO. The Morgan fingerprint density at radius 2 is 2.32 bits per heavy atom. The lowest BCUT2D eigenvalue weighted by Gasteiger charge is -2.28. The van der Waals surface area contributed by atoms with E-state index in [2.05, 4.69) is 9.37 Å². The smallest absolute Gasteiger partial charge is 0.415 e. The molecule has 11 heteroatoms. The Morgan fingerprint density at radius 1 is 1.59 bits per heavy atom. The molecular weight excluding hydrogens is 328 g/mol. The minimum atomic E-state index is -4.11. The zero-order valence-electron chi connectivity index (χ0n) is 10.7. The highest BCUT2D eigenvalue weighted by molar-refractivity contribution is 7.96. The number of rotatable bonds is 5. The zero-order chi connectivity index (χ0) is 16.1. The molecule has 120 valence electrons. The van der Waals surface area contributed by atoms with Gasteiger partial charge < -0.3 is 9.47 Å². The number of esters is 2. The van der Waals surface area contributed by atoms with Gasteiger partial charge in [0.25, 0.3) is 0 Å². The lowest BCUT2D eigenvalue weighted by atomic mass is 9.75. The molecule has 0 spiro atoms. The number of ether oxygens (including phenoxy) is 2. The number of nitrogens with zero attached hydrogens (tertiary/aromatic N) is 1. The number of hydrogen-bond acceptors (Lipinski definition) is 9. The van der Waals surface area contributed by atoms with E-state index in [1.54, 1.807) is 0 Å². The highest BCUT2D eigenvalue weighted by atomic mass is 32.2. The van der Waals surface area contributed by atoms with Crippen molar-refractivity contribution in [1.82, 2.24) is 0 Å². The molecule has 2 bridgehead atoms. The standard InChI is InChI=1S/C11H9F2NO7S/c12-11(13,22-21-20-17)9(16)18-6-4-1-5-7(6)19-8(15)10(5,2-4)3-14/h4-7,17H,1-2H2. The molecule has 5 unspecified atom stereocenters. The molecule has 1 heterocycles. The topological polar surface area (TPSA) is 115 Å². The van der Waals surface area contributed by atoms with Gasteiger partial charge in [0, 0.05) is 11.8 Å². The van der Waals surface area contributed by atoms with E-state index in [-0.39, 0.29) is 12.3 Å². The average Bonchev–Trinajstić information content (AvgIpc) is 3.07. The van der Waals surface area contributed by atoms with Crippen LogP contribution in [0.2, 0.25) is 0 Å². The summed E-state index contributed by atoms with van der Waals surface area (Å²) < 4.78 is 40.1. The summed E-state index contributed by atoms with van der Waals surface area (Å²) in [4.78, 5) is 23.3. The van der Waals surface area contributed by atoms with Gasteiger partial charge in [-0.3, -0.25) is 4.79 Å². The third kappa shape index (κ3) is 1.98. The van der Waals surface area contributed by atoms with Gasteiger partial charge >= 0.3 is 17.2 Å². The Labute approximate surface area is 126 Å². The fourth-order valence-electron chi connectivity index (χ4n) is 3.57. The predicted molar refractivity (Wildman–Crippen MR) is 61.4 cm³/mol. The molecule has 2 saturated carbocycles. The van der Waals surface area contributed by atoms with Crippen molar-refractivity contribution < 1.29 is 42.5 Å². The molecule has 22 heavy (non-hydrogen) atoms. The minimum absolute atomic E-state index is 0.121. The first kappa shape index (κ1) is 15.4. The zero-order valence-corrected chi connectivity index (χ0v) is 11.5. The van der Waals surface area contributed by atoms with E-state index in [0.29, 0.717) is 6.42 Å². The maximum atomic E-state index is 13.4. The van der Waals surface area contributed by atoms with Gasteiger partial charge in [0.15, 0.2) is 5.41 Å². The van der Waals surface area contributed by atoms with Crippen LogP contribution in [0.15, 0.2) is 0 Å². The van der Waals surface area contributed by atoms with Crippen molar-refractivity contribution in [3.05, 3.63) is 0 Å². The molecule has 5 atom stereocenters. The molecule has 8 nitrogen and oxygen atoms in total. The van der Waals surface area contributed by atoms with Crippen LogP contribution in [0.4, 0.5) is 8.78 Å². The fraction of sp³-hybridized carbons (Fsp3) is 0.727. The summed E-state index contributed by atoms with van der Waals surface area (Å²) in [5.41, 5.74) is -1.25. The van der Waals surface area contributed by atoms with Crippen molar-refractivity contribution >= 4 is 24.0 Å². The third-order valence-corrected chi connectivity index (χ3v) is 4.92. The molecule has 1 saturated heterocycles. The van der Waals surface area contributed by atoms with Crippen LogP contribution in [-0.4, -0.2) is 34.7 Å². The van der Waals surface area contributed by atoms with Crippen LogP contribution in [0.3, 0.4) is 0 Å². The Balaban J connectivity index is 1.71. The predicted octanol–water partition coefficient (Wildman–Crippen LogP) is 1.04. The summed E-state index contributed by atoms with van der Waals surface area (Å²) in [7, 11) is 0. The van der Waals surface area contributed by atoms with Gasteiger partial charge in [0.05, 0.1) is 6.07 Å². The van der Waals surface area contributed by atoms with Crippen molar-refractivity contribution in [3.63, 3.8) is 0 Å². The summed E-state index contributed by atoms with van der Waals surface area (Å²) in [5.74, 6) is -3.44. The van der Waals surface area contributed by atoms with Crippen LogP contribution in [0.25, 0.3) is 0 Å². The largest absolute Gasteiger partial charge is 0.457 e. The van der Waals surface area contributed by atoms with Gasteiger partial charge in [-0.2, -0.15) is 14.0 Å². The van der Waals surface area contributed by atoms with E-state index in [1.807, 2.05) is 6.07 Å². The first-order valence-corrected chi connectivity index (χ1v) is 6.97. The number of alkyl halides is 2. The summed E-state index contributed by atoms with van der Waals surface area (Å²) >= 11 is -0.726. The maximum absolute atomic E-state index is 13.4. The third-order valence-electron chi connectivity index (χ3n) is 4.42. The minimum Gasteiger partial charge on any atom is -0.457 e. The summed E-state index contributed by atoms with van der Waals surface area (Å²) in [6.07, 6.45) is -1.38. The second-order valence-corrected chi connectivity index (χ2v) is 6.19. The number of carbonyl (C=O) groups excluding carboxylic acids is 2. The van der Waals surface area contributed by atoms with E-state index in [1.165, 1.54) is 0 Å². The Bertz CT molecular complexity index is 567. The molecule has 0 aromatic rings. The molecule has 0 radical (unpaired) electrons. The Kier molecular flexibility index (Phi) is 3.52. The fourth-order valence-corrected chi connectivity index (χ4v) is 3.80. The van der Waals surface area contributed by atoms with Crippen molar-refractivity contribution in [2.45, 2.75) is 30.3 Å². The quantitative estimate of drug-likeness (QED) is 0.340. The number of carbonyl (C=O) groups is 2. The van der Waals surface area contributed by atoms with E-state index < -0.39 is 52.8 Å². The molecule has 0 aromatic heterocycles. The lowest BCUT2D eigenvalue weighted by molar-refractivity contribution is -0.433. The molecule has 0 amide bonds. The lowest BCUT2D eigenvalue weighted by Crippen LogP contribution is -2.42. The number of fused-ring (bicyclic) bond motifs is 1. The van der Waals surface area contributed by atoms with Crippen molar-refractivity contribution in [3.8, 4) is 6.07 Å². The molecule has 3 fully saturated rings. The maximum Gasteiger partial charge on any atom is 0.415 e. The molecule has 0 aromatic carbocycles. The number of hydrogen-bond donors (Lipinski definition) is 1. The average molecular weight is 337 g/mol. The highest BCUT2D eigenvalue weighted by Crippen LogP contribution is 2.62. The van der Waals surface area contributed by atoms with Gasteiger partial charge in [-0.15, -0.1) is 4.33 Å². The summed E-state index contributed by atoms with van der Waals surface area (Å²) in [6.45, 7) is 0. The van der Waals surface area contributed by atoms with Crippen LogP contribution in [0.5, 0.6) is 0 Å². The van der Waals surface area contributed by atoms with Crippen LogP contribution in [0.1, 0.15) is 12.8 Å². The Hall–Kier alpha value is -1.48. The van der Waals surface area contributed by atoms with Crippen molar-refractivity contribution in [2.75, 3.05) is 0 Å². The Morgan fingerprint density at radius 3 is 2.95 bits per heavy atom. The van der Waals surface area contributed by atoms with E-state index in [9.17, 15) is 23.6 Å². The van der Waals surface area contributed by atoms with Gasteiger partial charge in [-0.1, -0.05) is 5.04 Å². The molecule has 3 rings (SSSR count).